The van der Waals surface area contributed by atoms with Crippen LogP contribution in [0.3, 0.4) is 0 Å². The second-order valence-corrected chi connectivity index (χ2v) is 6.50. The van der Waals surface area contributed by atoms with Gasteiger partial charge in [0, 0.05) is 18.4 Å². The van der Waals surface area contributed by atoms with Crippen molar-refractivity contribution in [2.24, 2.45) is 5.41 Å². The molecule has 0 spiro atoms. The highest BCUT2D eigenvalue weighted by Gasteiger charge is 2.20. The van der Waals surface area contributed by atoms with Crippen molar-refractivity contribution in [2.45, 2.75) is 46.1 Å². The highest BCUT2D eigenvalue weighted by atomic mass is 16.3. The van der Waals surface area contributed by atoms with E-state index in [0.29, 0.717) is 12.0 Å². The number of aliphatic hydroxyl groups is 1. The molecule has 1 amide bonds. The number of carbonyl (C=O) groups is 2. The molecule has 0 saturated carbocycles. The quantitative estimate of drug-likeness (QED) is 0.759. The molecule has 4 heteroatoms. The van der Waals surface area contributed by atoms with Crippen LogP contribution in [0.15, 0.2) is 30.3 Å². The zero-order chi connectivity index (χ0) is 15.9. The number of amides is 1. The summed E-state index contributed by atoms with van der Waals surface area (Å²) >= 11 is 0. The minimum Gasteiger partial charge on any atom is -0.394 e. The van der Waals surface area contributed by atoms with E-state index in [9.17, 15) is 14.7 Å². The van der Waals surface area contributed by atoms with Gasteiger partial charge in [0.1, 0.15) is 0 Å². The third kappa shape index (κ3) is 7.04. The van der Waals surface area contributed by atoms with Crippen LogP contribution in [-0.4, -0.2) is 29.4 Å². The van der Waals surface area contributed by atoms with Crippen LogP contribution >= 0.6 is 0 Å². The zero-order valence-electron chi connectivity index (χ0n) is 13.1. The van der Waals surface area contributed by atoms with E-state index in [-0.39, 0.29) is 42.6 Å². The van der Waals surface area contributed by atoms with Crippen molar-refractivity contribution in [3.8, 4) is 0 Å². The maximum atomic E-state index is 11.9. The summed E-state index contributed by atoms with van der Waals surface area (Å²) in [5.74, 6) is -0.232. The molecule has 2 N–H and O–H groups in total. The highest BCUT2D eigenvalue weighted by Crippen LogP contribution is 2.20. The summed E-state index contributed by atoms with van der Waals surface area (Å²) in [6, 6.07) is 8.69. The van der Waals surface area contributed by atoms with Gasteiger partial charge in [0.15, 0.2) is 5.78 Å². The van der Waals surface area contributed by atoms with Crippen molar-refractivity contribution in [3.63, 3.8) is 0 Å². The van der Waals surface area contributed by atoms with Gasteiger partial charge in [0.25, 0.3) is 0 Å². The summed E-state index contributed by atoms with van der Waals surface area (Å²) < 4.78 is 0. The molecule has 0 radical (unpaired) electrons. The Labute approximate surface area is 126 Å². The van der Waals surface area contributed by atoms with Crippen LogP contribution in [-0.2, 0) is 4.79 Å². The predicted molar refractivity (Wildman–Crippen MR) is 83.1 cm³/mol. The lowest BCUT2D eigenvalue weighted by atomic mass is 9.88. The van der Waals surface area contributed by atoms with Crippen molar-refractivity contribution < 1.29 is 14.7 Å². The van der Waals surface area contributed by atoms with Crippen molar-refractivity contribution in [1.82, 2.24) is 5.32 Å². The van der Waals surface area contributed by atoms with E-state index in [1.807, 2.05) is 6.07 Å². The largest absolute Gasteiger partial charge is 0.394 e. The van der Waals surface area contributed by atoms with Crippen LogP contribution in [0.25, 0.3) is 0 Å². The summed E-state index contributed by atoms with van der Waals surface area (Å²) in [6.07, 6.45) is 1.03. The number of ketones is 1. The van der Waals surface area contributed by atoms with Gasteiger partial charge in [-0.05, 0) is 11.8 Å². The van der Waals surface area contributed by atoms with E-state index in [1.165, 1.54) is 0 Å². The first-order chi connectivity index (χ1) is 9.81. The molecule has 0 heterocycles. The number of benzene rings is 1. The van der Waals surface area contributed by atoms with E-state index in [4.69, 9.17) is 0 Å². The number of rotatable bonds is 7. The molecule has 0 saturated heterocycles. The van der Waals surface area contributed by atoms with Gasteiger partial charge in [-0.3, -0.25) is 9.59 Å². The number of nitrogens with one attached hydrogen (secondary N) is 1. The van der Waals surface area contributed by atoms with E-state index in [0.717, 1.165) is 0 Å². The molecule has 0 aromatic heterocycles. The fourth-order valence-electron chi connectivity index (χ4n) is 2.20. The molecule has 116 valence electrons. The Morgan fingerprint density at radius 1 is 1.14 bits per heavy atom. The van der Waals surface area contributed by atoms with E-state index >= 15 is 0 Å². The molecule has 1 aromatic rings. The number of hydrogen-bond acceptors (Lipinski definition) is 3. The third-order valence-electron chi connectivity index (χ3n) is 3.12. The maximum absolute atomic E-state index is 11.9. The molecule has 0 aliphatic carbocycles. The minimum absolute atomic E-state index is 0.0283. The maximum Gasteiger partial charge on any atom is 0.220 e. The first-order valence-corrected chi connectivity index (χ1v) is 7.30. The topological polar surface area (TPSA) is 66.4 Å². The third-order valence-corrected chi connectivity index (χ3v) is 3.12. The van der Waals surface area contributed by atoms with E-state index < -0.39 is 0 Å². The molecule has 0 fully saturated rings. The lowest BCUT2D eigenvalue weighted by Gasteiger charge is -2.25. The monoisotopic (exact) mass is 291 g/mol. The average Bonchev–Trinajstić information content (AvgIpc) is 2.43. The molecular weight excluding hydrogens is 266 g/mol. The summed E-state index contributed by atoms with van der Waals surface area (Å²) in [5.41, 5.74) is 0.652. The van der Waals surface area contributed by atoms with Gasteiger partial charge < -0.3 is 10.4 Å². The van der Waals surface area contributed by atoms with E-state index in [1.54, 1.807) is 24.3 Å². The van der Waals surface area contributed by atoms with Crippen molar-refractivity contribution >= 4 is 11.7 Å². The molecule has 1 atom stereocenters. The molecule has 1 aromatic carbocycles. The SMILES string of the molecule is CC(C)(C)CC(CO)NC(=O)CCC(=O)c1ccccc1. The van der Waals surface area contributed by atoms with Crippen molar-refractivity contribution in [2.75, 3.05) is 6.61 Å². The number of carbonyl (C=O) groups excluding carboxylic acids is 2. The Morgan fingerprint density at radius 2 is 1.76 bits per heavy atom. The first kappa shape index (κ1) is 17.4. The van der Waals surface area contributed by atoms with Gasteiger partial charge in [-0.25, -0.2) is 0 Å². The summed E-state index contributed by atoms with van der Waals surface area (Å²) in [5, 5.41) is 12.1. The van der Waals surface area contributed by atoms with Crippen LogP contribution in [0, 0.1) is 5.41 Å². The summed E-state index contributed by atoms with van der Waals surface area (Å²) in [4.78, 5) is 23.8. The van der Waals surface area contributed by atoms with Gasteiger partial charge >= 0.3 is 0 Å². The van der Waals surface area contributed by atoms with Gasteiger partial charge in [0.2, 0.25) is 5.91 Å². The Bertz CT molecular complexity index is 463. The van der Waals surface area contributed by atoms with Gasteiger partial charge in [-0.2, -0.15) is 0 Å². The fraction of sp³-hybridized carbons (Fsp3) is 0.529. The first-order valence-electron chi connectivity index (χ1n) is 7.30. The molecule has 1 rings (SSSR count). The standard InChI is InChI=1S/C17H25NO3/c1-17(2,3)11-14(12-19)18-16(21)10-9-15(20)13-7-5-4-6-8-13/h4-8,14,19H,9-12H2,1-3H3,(H,18,21). The molecule has 1 unspecified atom stereocenters. The summed E-state index contributed by atoms with van der Waals surface area (Å²) in [7, 11) is 0. The fourth-order valence-corrected chi connectivity index (χ4v) is 2.20. The van der Waals surface area contributed by atoms with Gasteiger partial charge in [0.05, 0.1) is 12.6 Å². The zero-order valence-corrected chi connectivity index (χ0v) is 13.1. The van der Waals surface area contributed by atoms with Gasteiger partial charge in [-0.15, -0.1) is 0 Å². The van der Waals surface area contributed by atoms with Crippen LogP contribution in [0.1, 0.15) is 50.4 Å². The second-order valence-electron chi connectivity index (χ2n) is 6.50. The summed E-state index contributed by atoms with van der Waals surface area (Å²) in [6.45, 7) is 6.08. The number of Topliss-reactive ketones (excluding diaryl/α,β-unsaturated/α-hetero) is 1. The van der Waals surface area contributed by atoms with Crippen LogP contribution in [0.5, 0.6) is 0 Å². The van der Waals surface area contributed by atoms with Crippen molar-refractivity contribution in [1.29, 1.82) is 0 Å². The number of hydrogen-bond donors (Lipinski definition) is 2. The Morgan fingerprint density at radius 3 is 2.29 bits per heavy atom. The van der Waals surface area contributed by atoms with Gasteiger partial charge in [-0.1, -0.05) is 51.1 Å². The molecule has 21 heavy (non-hydrogen) atoms. The van der Waals surface area contributed by atoms with E-state index in [2.05, 4.69) is 26.1 Å². The van der Waals surface area contributed by atoms with Crippen LogP contribution in [0.2, 0.25) is 0 Å². The predicted octanol–water partition coefficient (Wildman–Crippen LogP) is 2.56. The molecule has 0 aliphatic heterocycles. The normalized spacial score (nSPS) is 12.8. The van der Waals surface area contributed by atoms with Crippen molar-refractivity contribution in [3.05, 3.63) is 35.9 Å². The Kier molecular flexibility index (Phi) is 6.56. The van der Waals surface area contributed by atoms with Crippen LogP contribution < -0.4 is 5.32 Å². The molecular formula is C17H25NO3. The molecule has 4 nitrogen and oxygen atoms in total. The number of aliphatic hydroxyl groups excluding tert-OH is 1. The van der Waals surface area contributed by atoms with Crippen LogP contribution in [0.4, 0.5) is 0 Å². The minimum atomic E-state index is -0.260. The Hall–Kier alpha value is -1.68. The highest BCUT2D eigenvalue weighted by molar-refractivity contribution is 5.97. The second kappa shape index (κ2) is 7.93. The smallest absolute Gasteiger partial charge is 0.220 e. The lowest BCUT2D eigenvalue weighted by molar-refractivity contribution is -0.122. The lowest BCUT2D eigenvalue weighted by Crippen LogP contribution is -2.40. The molecule has 0 bridgehead atoms. The molecule has 0 aliphatic rings. The average molecular weight is 291 g/mol. The Balaban J connectivity index is 2.41.